The number of ether oxygens (including phenoxy) is 1. The number of hydrogen-bond donors (Lipinski definition) is 1. The van der Waals surface area contributed by atoms with Gasteiger partial charge >= 0.3 is 0 Å². The zero-order valence-electron chi connectivity index (χ0n) is 12.1. The Labute approximate surface area is 129 Å². The number of rotatable bonds is 5. The lowest BCUT2D eigenvalue weighted by molar-refractivity contribution is 0.340. The highest BCUT2D eigenvalue weighted by Crippen LogP contribution is 2.25. The lowest BCUT2D eigenvalue weighted by Gasteiger charge is -2.17. The van der Waals surface area contributed by atoms with Crippen molar-refractivity contribution in [2.45, 2.75) is 26.8 Å². The summed E-state index contributed by atoms with van der Waals surface area (Å²) in [6.07, 6.45) is 0. The fraction of sp³-hybridized carbons (Fsp3) is 0.294. The Balaban J connectivity index is 2.06. The van der Waals surface area contributed by atoms with E-state index in [1.807, 2.05) is 19.1 Å². The minimum atomic E-state index is 0.250. The van der Waals surface area contributed by atoms with Gasteiger partial charge in [0.25, 0.3) is 0 Å². The fourth-order valence-electron chi connectivity index (χ4n) is 2.04. The third-order valence-corrected chi connectivity index (χ3v) is 4.10. The van der Waals surface area contributed by atoms with Crippen molar-refractivity contribution in [3.63, 3.8) is 0 Å². The third-order valence-electron chi connectivity index (χ3n) is 3.25. The SMILES string of the molecule is CCOc1ccc(C(C)Nc2ccc(C)c(Br)c2)cc1. The van der Waals surface area contributed by atoms with Crippen molar-refractivity contribution in [1.29, 1.82) is 0 Å². The summed E-state index contributed by atoms with van der Waals surface area (Å²) >= 11 is 3.56. The topological polar surface area (TPSA) is 21.3 Å². The molecule has 0 saturated carbocycles. The van der Waals surface area contributed by atoms with Crippen LogP contribution in [0.5, 0.6) is 5.75 Å². The molecule has 106 valence electrons. The normalized spacial score (nSPS) is 12.0. The Kier molecular flexibility index (Phi) is 5.07. The molecule has 1 N–H and O–H groups in total. The van der Waals surface area contributed by atoms with Crippen LogP contribution in [0.25, 0.3) is 0 Å². The van der Waals surface area contributed by atoms with Gasteiger partial charge in [0.05, 0.1) is 6.61 Å². The molecule has 0 fully saturated rings. The van der Waals surface area contributed by atoms with Crippen LogP contribution >= 0.6 is 15.9 Å². The summed E-state index contributed by atoms with van der Waals surface area (Å²) in [7, 11) is 0. The van der Waals surface area contributed by atoms with Crippen molar-refractivity contribution < 1.29 is 4.74 Å². The lowest BCUT2D eigenvalue weighted by atomic mass is 10.1. The second-order valence-corrected chi connectivity index (χ2v) is 5.69. The van der Waals surface area contributed by atoms with Crippen LogP contribution in [-0.4, -0.2) is 6.61 Å². The van der Waals surface area contributed by atoms with Gasteiger partial charge in [-0.3, -0.25) is 0 Å². The third kappa shape index (κ3) is 3.76. The predicted octanol–water partition coefficient (Wildman–Crippen LogP) is 5.33. The molecule has 20 heavy (non-hydrogen) atoms. The van der Waals surface area contributed by atoms with Crippen LogP contribution in [0.4, 0.5) is 5.69 Å². The Hall–Kier alpha value is -1.48. The molecule has 0 saturated heterocycles. The fourth-order valence-corrected chi connectivity index (χ4v) is 2.41. The first-order chi connectivity index (χ1) is 9.60. The van der Waals surface area contributed by atoms with Crippen LogP contribution in [0, 0.1) is 6.92 Å². The number of anilines is 1. The van der Waals surface area contributed by atoms with Crippen molar-refractivity contribution in [3.05, 3.63) is 58.1 Å². The molecule has 2 nitrogen and oxygen atoms in total. The molecule has 0 aromatic heterocycles. The Bertz CT molecular complexity index is 566. The number of hydrogen-bond acceptors (Lipinski definition) is 2. The number of halogens is 1. The van der Waals surface area contributed by atoms with E-state index in [4.69, 9.17) is 4.74 Å². The molecule has 0 heterocycles. The average Bonchev–Trinajstić information content (AvgIpc) is 2.44. The maximum atomic E-state index is 5.46. The van der Waals surface area contributed by atoms with E-state index in [9.17, 15) is 0 Å². The maximum Gasteiger partial charge on any atom is 0.119 e. The van der Waals surface area contributed by atoms with Crippen LogP contribution in [0.15, 0.2) is 46.9 Å². The Morgan fingerprint density at radius 2 is 1.85 bits per heavy atom. The van der Waals surface area contributed by atoms with E-state index >= 15 is 0 Å². The second kappa shape index (κ2) is 6.80. The van der Waals surface area contributed by atoms with Gasteiger partial charge in [-0.2, -0.15) is 0 Å². The smallest absolute Gasteiger partial charge is 0.119 e. The summed E-state index contributed by atoms with van der Waals surface area (Å²) in [5, 5.41) is 3.51. The van der Waals surface area contributed by atoms with Gasteiger partial charge in [-0.15, -0.1) is 0 Å². The van der Waals surface area contributed by atoms with Crippen molar-refractivity contribution in [3.8, 4) is 5.75 Å². The Morgan fingerprint density at radius 3 is 2.45 bits per heavy atom. The molecule has 0 aliphatic heterocycles. The summed E-state index contributed by atoms with van der Waals surface area (Å²) in [6.45, 7) is 6.94. The minimum absolute atomic E-state index is 0.250. The molecule has 0 amide bonds. The summed E-state index contributed by atoms with van der Waals surface area (Å²) in [5.41, 5.74) is 3.60. The quantitative estimate of drug-likeness (QED) is 0.798. The first kappa shape index (κ1) is 14.9. The molecule has 0 bridgehead atoms. The maximum absolute atomic E-state index is 5.46. The van der Waals surface area contributed by atoms with Gasteiger partial charge in [0.2, 0.25) is 0 Å². The van der Waals surface area contributed by atoms with E-state index in [-0.39, 0.29) is 6.04 Å². The molecule has 2 aromatic carbocycles. The van der Waals surface area contributed by atoms with Crippen LogP contribution in [0.3, 0.4) is 0 Å². The van der Waals surface area contributed by atoms with Gasteiger partial charge in [0.1, 0.15) is 5.75 Å². The second-order valence-electron chi connectivity index (χ2n) is 4.83. The van der Waals surface area contributed by atoms with Gasteiger partial charge in [-0.05, 0) is 56.2 Å². The molecule has 1 unspecified atom stereocenters. The lowest BCUT2D eigenvalue weighted by Crippen LogP contribution is -2.06. The van der Waals surface area contributed by atoms with Crippen molar-refractivity contribution >= 4 is 21.6 Å². The largest absolute Gasteiger partial charge is 0.494 e. The Morgan fingerprint density at radius 1 is 1.15 bits per heavy atom. The van der Waals surface area contributed by atoms with Gasteiger partial charge in [-0.1, -0.05) is 34.1 Å². The molecule has 2 rings (SSSR count). The predicted molar refractivity (Wildman–Crippen MR) is 88.5 cm³/mol. The summed E-state index contributed by atoms with van der Waals surface area (Å²) < 4.78 is 6.59. The number of aryl methyl sites for hydroxylation is 1. The molecule has 2 aromatic rings. The molecule has 0 aliphatic rings. The van der Waals surface area contributed by atoms with Crippen molar-refractivity contribution in [1.82, 2.24) is 0 Å². The van der Waals surface area contributed by atoms with E-state index in [2.05, 4.69) is 65.4 Å². The summed E-state index contributed by atoms with van der Waals surface area (Å²) in [6, 6.07) is 14.8. The highest BCUT2D eigenvalue weighted by molar-refractivity contribution is 9.10. The average molecular weight is 334 g/mol. The monoisotopic (exact) mass is 333 g/mol. The van der Waals surface area contributed by atoms with Gasteiger partial charge in [-0.25, -0.2) is 0 Å². The molecule has 3 heteroatoms. The van der Waals surface area contributed by atoms with Crippen LogP contribution < -0.4 is 10.1 Å². The first-order valence-electron chi connectivity index (χ1n) is 6.85. The highest BCUT2D eigenvalue weighted by Gasteiger charge is 2.06. The van der Waals surface area contributed by atoms with Crippen LogP contribution in [0.1, 0.15) is 31.0 Å². The standard InChI is InChI=1S/C17H20BrNO/c1-4-20-16-9-6-14(7-10-16)13(3)19-15-8-5-12(2)17(18)11-15/h5-11,13,19H,4H2,1-3H3. The molecule has 1 atom stereocenters. The first-order valence-corrected chi connectivity index (χ1v) is 7.65. The molecule has 0 radical (unpaired) electrons. The summed E-state index contributed by atoms with van der Waals surface area (Å²) in [5.74, 6) is 0.918. The van der Waals surface area contributed by atoms with Crippen molar-refractivity contribution in [2.75, 3.05) is 11.9 Å². The van der Waals surface area contributed by atoms with E-state index in [0.29, 0.717) is 6.61 Å². The molecule has 0 spiro atoms. The zero-order valence-corrected chi connectivity index (χ0v) is 13.7. The van der Waals surface area contributed by atoms with Gasteiger partial charge in [0.15, 0.2) is 0 Å². The number of nitrogens with one attached hydrogen (secondary N) is 1. The number of benzene rings is 2. The molecular weight excluding hydrogens is 314 g/mol. The van der Waals surface area contributed by atoms with E-state index in [0.717, 1.165) is 15.9 Å². The van der Waals surface area contributed by atoms with Crippen LogP contribution in [0.2, 0.25) is 0 Å². The highest BCUT2D eigenvalue weighted by atomic mass is 79.9. The van der Waals surface area contributed by atoms with Gasteiger partial charge < -0.3 is 10.1 Å². The minimum Gasteiger partial charge on any atom is -0.494 e. The molecular formula is C17H20BrNO. The zero-order chi connectivity index (χ0) is 14.5. The van der Waals surface area contributed by atoms with E-state index in [1.165, 1.54) is 11.1 Å². The van der Waals surface area contributed by atoms with Crippen molar-refractivity contribution in [2.24, 2.45) is 0 Å². The molecule has 0 aliphatic carbocycles. The van der Waals surface area contributed by atoms with E-state index in [1.54, 1.807) is 0 Å². The summed E-state index contributed by atoms with van der Waals surface area (Å²) in [4.78, 5) is 0. The van der Waals surface area contributed by atoms with Gasteiger partial charge in [0, 0.05) is 16.2 Å². The van der Waals surface area contributed by atoms with E-state index < -0.39 is 0 Å². The van der Waals surface area contributed by atoms with Crippen LogP contribution in [-0.2, 0) is 0 Å².